The van der Waals surface area contributed by atoms with Gasteiger partial charge in [0.25, 0.3) is 11.8 Å². The minimum absolute atomic E-state index is 0.0865. The summed E-state index contributed by atoms with van der Waals surface area (Å²) in [5.41, 5.74) is 1.00. The molecule has 1 fully saturated rings. The molecule has 3 aromatic carbocycles. The van der Waals surface area contributed by atoms with Crippen molar-refractivity contribution in [2.24, 2.45) is 0 Å². The fourth-order valence-corrected chi connectivity index (χ4v) is 4.88. The Kier molecular flexibility index (Phi) is 6.66. The third-order valence-electron chi connectivity index (χ3n) is 4.95. The van der Waals surface area contributed by atoms with Crippen LogP contribution in [0, 0.1) is 6.92 Å². The summed E-state index contributed by atoms with van der Waals surface area (Å²) in [7, 11) is -4.22. The lowest BCUT2D eigenvalue weighted by Crippen LogP contribution is -2.54. The van der Waals surface area contributed by atoms with Crippen LogP contribution in [0.15, 0.2) is 77.2 Å². The van der Waals surface area contributed by atoms with Crippen molar-refractivity contribution in [3.8, 4) is 5.75 Å². The quantitative estimate of drug-likeness (QED) is 0.290. The molecule has 0 saturated carbocycles. The lowest BCUT2D eigenvalue weighted by atomic mass is 10.1. The Morgan fingerprint density at radius 1 is 0.914 bits per heavy atom. The van der Waals surface area contributed by atoms with Gasteiger partial charge in [-0.1, -0.05) is 59.1 Å². The highest BCUT2D eigenvalue weighted by molar-refractivity contribution is 7.87. The van der Waals surface area contributed by atoms with Crippen LogP contribution in [-0.2, 0) is 19.7 Å². The van der Waals surface area contributed by atoms with Crippen LogP contribution in [-0.4, -0.2) is 26.3 Å². The summed E-state index contributed by atoms with van der Waals surface area (Å²) in [6.45, 7) is 1.81. The van der Waals surface area contributed by atoms with Gasteiger partial charge in [-0.2, -0.15) is 8.42 Å². The number of carbonyl (C=O) groups is 3. The van der Waals surface area contributed by atoms with E-state index in [0.717, 1.165) is 10.5 Å². The molecule has 8 nitrogen and oxygen atoms in total. The van der Waals surface area contributed by atoms with Crippen LogP contribution >= 0.6 is 23.2 Å². The number of nitrogens with one attached hydrogen (secondary N) is 1. The fraction of sp³-hybridized carbons (Fsp3) is 0.0417. The molecular weight excluding hydrogens is 515 g/mol. The van der Waals surface area contributed by atoms with E-state index in [2.05, 4.69) is 5.32 Å². The van der Waals surface area contributed by atoms with E-state index in [1.54, 1.807) is 42.5 Å². The molecule has 1 aliphatic heterocycles. The maximum absolute atomic E-state index is 13.0. The number of benzene rings is 3. The molecule has 35 heavy (non-hydrogen) atoms. The summed E-state index contributed by atoms with van der Waals surface area (Å²) in [6, 6.07) is 15.8. The zero-order valence-electron chi connectivity index (χ0n) is 18.0. The van der Waals surface area contributed by atoms with Crippen molar-refractivity contribution in [3.63, 3.8) is 0 Å². The average Bonchev–Trinajstić information content (AvgIpc) is 2.80. The zero-order chi connectivity index (χ0) is 25.3. The number of nitrogens with zero attached hydrogens (tertiary/aromatic N) is 1. The predicted octanol–water partition coefficient (Wildman–Crippen LogP) is 4.74. The first-order chi connectivity index (χ1) is 16.6. The van der Waals surface area contributed by atoms with Gasteiger partial charge in [-0.05, 0) is 55.0 Å². The lowest BCUT2D eigenvalue weighted by molar-refractivity contribution is -0.122. The van der Waals surface area contributed by atoms with E-state index in [1.165, 1.54) is 30.3 Å². The van der Waals surface area contributed by atoms with Gasteiger partial charge in [0.15, 0.2) is 5.75 Å². The predicted molar refractivity (Wildman–Crippen MR) is 131 cm³/mol. The van der Waals surface area contributed by atoms with E-state index in [9.17, 15) is 22.8 Å². The molecule has 0 aromatic heterocycles. The first-order valence-electron chi connectivity index (χ1n) is 10.0. The SMILES string of the molecule is Cc1ccc(S(=O)(=O)Oc2c(Cl)cc(/C=C3\C(=O)NC(=O)N(c4ccccc4)C3=O)cc2Cl)cc1. The number of rotatable bonds is 5. The molecule has 178 valence electrons. The molecule has 1 aliphatic rings. The van der Waals surface area contributed by atoms with E-state index < -0.39 is 28.0 Å². The van der Waals surface area contributed by atoms with Crippen molar-refractivity contribution in [2.75, 3.05) is 4.90 Å². The normalized spacial score (nSPS) is 15.3. The number of anilines is 1. The van der Waals surface area contributed by atoms with E-state index >= 15 is 0 Å². The number of para-hydroxylation sites is 1. The van der Waals surface area contributed by atoms with E-state index in [1.807, 2.05) is 6.92 Å². The minimum atomic E-state index is -4.22. The van der Waals surface area contributed by atoms with Crippen LogP contribution in [0.3, 0.4) is 0 Å². The maximum Gasteiger partial charge on any atom is 0.339 e. The highest BCUT2D eigenvalue weighted by atomic mass is 35.5. The number of imide groups is 2. The Bertz CT molecular complexity index is 1460. The number of amides is 4. The molecule has 1 saturated heterocycles. The van der Waals surface area contributed by atoms with E-state index in [4.69, 9.17) is 27.4 Å². The monoisotopic (exact) mass is 530 g/mol. The molecule has 3 aromatic rings. The molecule has 0 spiro atoms. The van der Waals surface area contributed by atoms with Crippen LogP contribution in [0.25, 0.3) is 6.08 Å². The van der Waals surface area contributed by atoms with Crippen molar-refractivity contribution < 1.29 is 27.0 Å². The lowest BCUT2D eigenvalue weighted by Gasteiger charge is -2.26. The molecular formula is C24H16Cl2N2O6S. The minimum Gasteiger partial charge on any atom is -0.376 e. The summed E-state index contributed by atoms with van der Waals surface area (Å²) in [4.78, 5) is 38.3. The molecule has 0 radical (unpaired) electrons. The van der Waals surface area contributed by atoms with Gasteiger partial charge in [0.05, 0.1) is 15.7 Å². The molecule has 0 aliphatic carbocycles. The highest BCUT2D eigenvalue weighted by Gasteiger charge is 2.36. The van der Waals surface area contributed by atoms with Gasteiger partial charge in [-0.25, -0.2) is 9.69 Å². The van der Waals surface area contributed by atoms with Crippen LogP contribution in [0.4, 0.5) is 10.5 Å². The van der Waals surface area contributed by atoms with Gasteiger partial charge in [0.2, 0.25) is 0 Å². The first kappa shape index (κ1) is 24.5. The van der Waals surface area contributed by atoms with Gasteiger partial charge in [-0.3, -0.25) is 14.9 Å². The molecule has 1 N–H and O–H groups in total. The Balaban J connectivity index is 1.66. The molecule has 11 heteroatoms. The van der Waals surface area contributed by atoms with E-state index in [0.29, 0.717) is 0 Å². The number of urea groups is 1. The van der Waals surface area contributed by atoms with Crippen LogP contribution < -0.4 is 14.4 Å². The average molecular weight is 531 g/mol. The van der Waals surface area contributed by atoms with Gasteiger partial charge in [0.1, 0.15) is 10.5 Å². The number of barbiturate groups is 1. The second-order valence-electron chi connectivity index (χ2n) is 7.46. The molecule has 1 heterocycles. The summed E-state index contributed by atoms with van der Waals surface area (Å²) in [5.74, 6) is -2.06. The topological polar surface area (TPSA) is 110 Å². The Labute approximate surface area is 210 Å². The third-order valence-corrected chi connectivity index (χ3v) is 6.75. The highest BCUT2D eigenvalue weighted by Crippen LogP contribution is 2.37. The van der Waals surface area contributed by atoms with Crippen LogP contribution in [0.2, 0.25) is 10.0 Å². The number of hydrogen-bond acceptors (Lipinski definition) is 6. The Morgan fingerprint density at radius 3 is 2.11 bits per heavy atom. The van der Waals surface area contributed by atoms with Gasteiger partial charge < -0.3 is 4.18 Å². The summed E-state index contributed by atoms with van der Waals surface area (Å²) < 4.78 is 30.4. The molecule has 4 rings (SSSR count). The largest absolute Gasteiger partial charge is 0.376 e. The number of halogens is 2. The molecule has 0 unspecified atom stereocenters. The molecule has 0 bridgehead atoms. The number of carbonyl (C=O) groups excluding carboxylic acids is 3. The van der Waals surface area contributed by atoms with Gasteiger partial charge >= 0.3 is 16.1 Å². The van der Waals surface area contributed by atoms with Gasteiger partial charge in [-0.15, -0.1) is 0 Å². The summed E-state index contributed by atoms with van der Waals surface area (Å²) >= 11 is 12.5. The Hall–Kier alpha value is -3.66. The second kappa shape index (κ2) is 9.53. The Morgan fingerprint density at radius 2 is 1.51 bits per heavy atom. The summed E-state index contributed by atoms with van der Waals surface area (Å²) in [6.07, 6.45) is 1.19. The van der Waals surface area contributed by atoms with E-state index in [-0.39, 0.29) is 37.5 Å². The second-order valence-corrected chi connectivity index (χ2v) is 9.82. The first-order valence-corrected chi connectivity index (χ1v) is 12.2. The fourth-order valence-electron chi connectivity index (χ4n) is 3.24. The van der Waals surface area contributed by atoms with Crippen molar-refractivity contribution in [3.05, 3.63) is 93.5 Å². The van der Waals surface area contributed by atoms with Crippen LogP contribution in [0.1, 0.15) is 11.1 Å². The zero-order valence-corrected chi connectivity index (χ0v) is 20.3. The van der Waals surface area contributed by atoms with Crippen LogP contribution in [0.5, 0.6) is 5.75 Å². The maximum atomic E-state index is 13.0. The molecule has 4 amide bonds. The van der Waals surface area contributed by atoms with Crippen molar-refractivity contribution >= 4 is 62.9 Å². The van der Waals surface area contributed by atoms with Crippen molar-refractivity contribution in [2.45, 2.75) is 11.8 Å². The van der Waals surface area contributed by atoms with Crippen molar-refractivity contribution in [1.82, 2.24) is 5.32 Å². The smallest absolute Gasteiger partial charge is 0.339 e. The molecule has 0 atom stereocenters. The van der Waals surface area contributed by atoms with Crippen molar-refractivity contribution in [1.29, 1.82) is 0 Å². The van der Waals surface area contributed by atoms with Gasteiger partial charge in [0, 0.05) is 0 Å². The number of hydrogen-bond donors (Lipinski definition) is 1. The standard InChI is InChI=1S/C24H16Cl2N2O6S/c1-14-7-9-17(10-8-14)35(32,33)34-21-19(25)12-15(13-20(21)26)11-18-22(29)27-24(31)28(23(18)30)16-5-3-2-4-6-16/h2-13H,1H3,(H,27,29,31)/b18-11+. The third kappa shape index (κ3) is 5.07. The summed E-state index contributed by atoms with van der Waals surface area (Å²) in [5, 5.41) is 1.78. The number of aryl methyl sites for hydroxylation is 1.